The fourth-order valence-electron chi connectivity index (χ4n) is 3.91. The van der Waals surface area contributed by atoms with Gasteiger partial charge in [-0.2, -0.15) is 23.3 Å². The molecule has 4 rings (SSSR count). The maximum absolute atomic E-state index is 13.5. The van der Waals surface area contributed by atoms with Gasteiger partial charge in [0.05, 0.1) is 32.5 Å². The van der Waals surface area contributed by atoms with Crippen LogP contribution < -0.4 is 24.8 Å². The molecule has 0 aliphatic carbocycles. The quantitative estimate of drug-likeness (QED) is 0.534. The van der Waals surface area contributed by atoms with Gasteiger partial charge in [-0.15, -0.1) is 0 Å². The molecule has 1 aromatic heterocycles. The van der Waals surface area contributed by atoms with Crippen LogP contribution in [0.3, 0.4) is 0 Å². The molecule has 0 radical (unpaired) electrons. The van der Waals surface area contributed by atoms with Gasteiger partial charge in [-0.25, -0.2) is 4.68 Å². The van der Waals surface area contributed by atoms with Gasteiger partial charge in [-0.3, -0.25) is 4.79 Å². The molecule has 184 valence electrons. The first-order valence-corrected chi connectivity index (χ1v) is 10.3. The summed E-state index contributed by atoms with van der Waals surface area (Å²) in [4.78, 5) is 17.7. The third-order valence-corrected chi connectivity index (χ3v) is 5.52. The van der Waals surface area contributed by atoms with Crippen molar-refractivity contribution >= 4 is 17.5 Å². The zero-order valence-corrected chi connectivity index (χ0v) is 19.2. The van der Waals surface area contributed by atoms with Crippen LogP contribution >= 0.6 is 0 Å². The van der Waals surface area contributed by atoms with E-state index in [4.69, 9.17) is 14.2 Å². The van der Waals surface area contributed by atoms with Crippen molar-refractivity contribution in [1.82, 2.24) is 14.8 Å². The van der Waals surface area contributed by atoms with Crippen LogP contribution in [0, 0.1) is 0 Å². The number of fused-ring (bicyclic) bond motifs is 1. The number of nitrogens with one attached hydrogen (secondary N) is 2. The molecule has 3 aromatic rings. The Hall–Kier alpha value is -4.22. The average molecular weight is 489 g/mol. The predicted molar refractivity (Wildman–Crippen MR) is 121 cm³/mol. The van der Waals surface area contributed by atoms with Gasteiger partial charge in [0.2, 0.25) is 5.95 Å². The van der Waals surface area contributed by atoms with Crippen molar-refractivity contribution in [2.75, 3.05) is 32.0 Å². The lowest BCUT2D eigenvalue weighted by molar-refractivity contribution is -0.137. The Morgan fingerprint density at radius 1 is 1.06 bits per heavy atom. The zero-order valence-electron chi connectivity index (χ0n) is 19.2. The largest absolute Gasteiger partial charge is 0.496 e. The van der Waals surface area contributed by atoms with Crippen LogP contribution in [0.5, 0.6) is 17.2 Å². The minimum absolute atomic E-state index is 0.00691. The van der Waals surface area contributed by atoms with E-state index in [0.29, 0.717) is 34.5 Å². The van der Waals surface area contributed by atoms with E-state index in [1.54, 1.807) is 19.1 Å². The Labute approximate surface area is 198 Å². The number of nitrogens with zero attached hydrogens (tertiary/aromatic N) is 3. The molecule has 9 nitrogen and oxygen atoms in total. The Bertz CT molecular complexity index is 1300. The van der Waals surface area contributed by atoms with Crippen LogP contribution in [0.15, 0.2) is 54.0 Å². The fourth-order valence-corrected chi connectivity index (χ4v) is 3.91. The number of hydrogen-bond donors (Lipinski definition) is 2. The van der Waals surface area contributed by atoms with E-state index in [9.17, 15) is 18.0 Å². The highest BCUT2D eigenvalue weighted by Gasteiger charge is 2.36. The van der Waals surface area contributed by atoms with Crippen molar-refractivity contribution in [3.05, 3.63) is 65.1 Å². The summed E-state index contributed by atoms with van der Waals surface area (Å²) in [5.74, 6) is 0.931. The number of anilines is 2. The second kappa shape index (κ2) is 9.20. The molecule has 0 spiro atoms. The summed E-state index contributed by atoms with van der Waals surface area (Å²) in [6.07, 6.45) is -3.23. The number of hydrogen-bond acceptors (Lipinski definition) is 7. The van der Waals surface area contributed by atoms with Gasteiger partial charge >= 0.3 is 6.18 Å². The standard InChI is InChI=1S/C23H22F3N5O4/c1-12-19(21(32)30-14-7-5-6-13(8-14)23(24,25)26)20(31-22(29-12)27-11-28-31)15-9-17(34-3)18(35-4)10-16(15)33-2/h5-11,20H,1-4H3,(H,30,32)(H,27,28,29)/t20-/m1/s1. The van der Waals surface area contributed by atoms with Gasteiger partial charge in [0.25, 0.3) is 5.91 Å². The molecule has 0 bridgehead atoms. The first-order valence-electron chi connectivity index (χ1n) is 10.3. The van der Waals surface area contributed by atoms with E-state index >= 15 is 0 Å². The molecule has 0 unspecified atom stereocenters. The smallest absolute Gasteiger partial charge is 0.416 e. The fraction of sp³-hybridized carbons (Fsp3) is 0.261. The zero-order chi connectivity index (χ0) is 25.3. The monoisotopic (exact) mass is 489 g/mol. The normalized spacial score (nSPS) is 15.2. The van der Waals surface area contributed by atoms with Crippen LogP contribution in [0.2, 0.25) is 0 Å². The van der Waals surface area contributed by atoms with Gasteiger partial charge in [0.15, 0.2) is 11.5 Å². The second-order valence-corrected chi connectivity index (χ2v) is 7.58. The van der Waals surface area contributed by atoms with Crippen molar-refractivity contribution in [1.29, 1.82) is 0 Å². The van der Waals surface area contributed by atoms with Crippen LogP contribution in [-0.2, 0) is 11.0 Å². The van der Waals surface area contributed by atoms with E-state index in [2.05, 4.69) is 20.7 Å². The van der Waals surface area contributed by atoms with Crippen LogP contribution in [0.4, 0.5) is 24.8 Å². The number of benzene rings is 2. The molecule has 12 heteroatoms. The number of alkyl halides is 3. The molecular weight excluding hydrogens is 467 g/mol. The van der Waals surface area contributed by atoms with Crippen LogP contribution in [-0.4, -0.2) is 42.0 Å². The summed E-state index contributed by atoms with van der Waals surface area (Å²) in [5.41, 5.74) is 0.265. The Balaban J connectivity index is 1.82. The number of carbonyl (C=O) groups is 1. The molecule has 2 aromatic carbocycles. The van der Waals surface area contributed by atoms with Gasteiger partial charge in [-0.05, 0) is 31.2 Å². The molecule has 2 N–H and O–H groups in total. The summed E-state index contributed by atoms with van der Waals surface area (Å²) in [6, 6.07) is 6.84. The van der Waals surface area contributed by atoms with E-state index in [-0.39, 0.29) is 11.3 Å². The molecule has 1 atom stereocenters. The van der Waals surface area contributed by atoms with Gasteiger partial charge in [0.1, 0.15) is 18.1 Å². The lowest BCUT2D eigenvalue weighted by Crippen LogP contribution is -2.31. The maximum atomic E-state index is 13.5. The molecule has 1 amide bonds. The van der Waals surface area contributed by atoms with Gasteiger partial charge in [-0.1, -0.05) is 6.07 Å². The highest BCUT2D eigenvalue weighted by atomic mass is 19.4. The minimum atomic E-state index is -4.55. The van der Waals surface area contributed by atoms with Gasteiger partial charge < -0.3 is 24.8 Å². The molecule has 0 saturated carbocycles. The second-order valence-electron chi connectivity index (χ2n) is 7.58. The summed E-state index contributed by atoms with van der Waals surface area (Å²) in [7, 11) is 4.42. The number of carbonyl (C=O) groups excluding carboxylic acids is 1. The van der Waals surface area contributed by atoms with E-state index in [0.717, 1.165) is 12.1 Å². The van der Waals surface area contributed by atoms with E-state index in [1.165, 1.54) is 44.5 Å². The predicted octanol–water partition coefficient (Wildman–Crippen LogP) is 4.25. The van der Waals surface area contributed by atoms with Crippen molar-refractivity contribution in [3.8, 4) is 17.2 Å². The van der Waals surface area contributed by atoms with Crippen LogP contribution in [0.1, 0.15) is 24.1 Å². The molecule has 0 fully saturated rings. The van der Waals surface area contributed by atoms with Crippen molar-refractivity contribution in [3.63, 3.8) is 0 Å². The van der Waals surface area contributed by atoms with Gasteiger partial charge in [0, 0.05) is 23.0 Å². The number of aromatic nitrogens is 3. The lowest BCUT2D eigenvalue weighted by atomic mass is 9.93. The minimum Gasteiger partial charge on any atom is -0.496 e. The first kappa shape index (κ1) is 23.9. The Morgan fingerprint density at radius 3 is 2.40 bits per heavy atom. The molecule has 2 heterocycles. The first-order chi connectivity index (χ1) is 16.7. The summed E-state index contributed by atoms with van der Waals surface area (Å²) in [6.45, 7) is 1.67. The number of halogens is 3. The third-order valence-electron chi connectivity index (χ3n) is 5.52. The topological polar surface area (TPSA) is 99.5 Å². The number of allylic oxidation sites excluding steroid dienone is 1. The molecule has 1 aliphatic rings. The molecule has 1 aliphatic heterocycles. The number of rotatable bonds is 6. The summed E-state index contributed by atoms with van der Waals surface area (Å²) >= 11 is 0. The number of methoxy groups -OCH3 is 3. The average Bonchev–Trinajstić information content (AvgIpc) is 3.29. The summed E-state index contributed by atoms with van der Waals surface area (Å²) in [5, 5.41) is 9.84. The SMILES string of the molecule is COc1cc(OC)c([C@@H]2C(C(=O)Nc3cccc(C(F)(F)F)c3)=C(C)Nc3ncnn32)cc1OC. The van der Waals surface area contributed by atoms with Crippen molar-refractivity contribution in [2.45, 2.75) is 19.1 Å². The Kier molecular flexibility index (Phi) is 6.29. The highest BCUT2D eigenvalue weighted by Crippen LogP contribution is 2.44. The molecule has 35 heavy (non-hydrogen) atoms. The van der Waals surface area contributed by atoms with Crippen molar-refractivity contribution < 1.29 is 32.2 Å². The molecule has 0 saturated heterocycles. The lowest BCUT2D eigenvalue weighted by Gasteiger charge is -2.30. The highest BCUT2D eigenvalue weighted by molar-refractivity contribution is 6.06. The summed E-state index contributed by atoms with van der Waals surface area (Å²) < 4.78 is 57.3. The Morgan fingerprint density at radius 2 is 1.74 bits per heavy atom. The maximum Gasteiger partial charge on any atom is 0.416 e. The number of amides is 1. The third kappa shape index (κ3) is 4.46. The number of ether oxygens (including phenoxy) is 3. The van der Waals surface area contributed by atoms with E-state index in [1.807, 2.05) is 0 Å². The van der Waals surface area contributed by atoms with Crippen molar-refractivity contribution in [2.24, 2.45) is 0 Å². The van der Waals surface area contributed by atoms with E-state index < -0.39 is 23.7 Å². The van der Waals surface area contributed by atoms with Crippen LogP contribution in [0.25, 0.3) is 0 Å². The molecular formula is C23H22F3N5O4.